The Morgan fingerprint density at radius 2 is 2.05 bits per heavy atom. The summed E-state index contributed by atoms with van der Waals surface area (Å²) in [6.45, 7) is 4.23. The van der Waals surface area contributed by atoms with E-state index in [9.17, 15) is 0 Å². The van der Waals surface area contributed by atoms with E-state index in [1.807, 2.05) is 11.7 Å². The van der Waals surface area contributed by atoms with Gasteiger partial charge in [0.05, 0.1) is 23.0 Å². The number of fused-ring (bicyclic) bond motifs is 1. The van der Waals surface area contributed by atoms with Gasteiger partial charge in [-0.2, -0.15) is 5.10 Å². The molecular formula is C16H18ClN3S. The topological polar surface area (TPSA) is 29.9 Å². The van der Waals surface area contributed by atoms with Gasteiger partial charge in [0.25, 0.3) is 0 Å². The van der Waals surface area contributed by atoms with Gasteiger partial charge in [-0.3, -0.25) is 4.68 Å². The Bertz CT molecular complexity index is 760. The molecule has 0 aliphatic heterocycles. The summed E-state index contributed by atoms with van der Waals surface area (Å²) in [7, 11) is 1.96. The van der Waals surface area contributed by atoms with E-state index in [0.717, 1.165) is 5.69 Å². The highest BCUT2D eigenvalue weighted by Gasteiger charge is 2.24. The van der Waals surface area contributed by atoms with Gasteiger partial charge in [-0.15, -0.1) is 11.3 Å². The lowest BCUT2D eigenvalue weighted by molar-refractivity contribution is 0.485. The number of hydrogen-bond acceptors (Lipinski definition) is 3. The second kappa shape index (κ2) is 5.79. The number of benzene rings is 1. The first-order chi connectivity index (χ1) is 10.1. The van der Waals surface area contributed by atoms with Crippen molar-refractivity contribution in [2.45, 2.75) is 25.9 Å². The first-order valence-electron chi connectivity index (χ1n) is 6.99. The normalized spacial score (nSPS) is 13.2. The summed E-state index contributed by atoms with van der Waals surface area (Å²) in [6, 6.07) is 8.77. The molecule has 21 heavy (non-hydrogen) atoms. The fourth-order valence-electron chi connectivity index (χ4n) is 2.69. The van der Waals surface area contributed by atoms with Gasteiger partial charge in [0.1, 0.15) is 0 Å². The highest BCUT2D eigenvalue weighted by Crippen LogP contribution is 2.36. The van der Waals surface area contributed by atoms with Crippen LogP contribution in [0, 0.1) is 0 Å². The maximum atomic E-state index is 6.41. The van der Waals surface area contributed by atoms with Crippen molar-refractivity contribution >= 4 is 33.0 Å². The molecule has 0 saturated heterocycles. The number of halogens is 1. The fraction of sp³-hybridized carbons (Fsp3) is 0.312. The molecule has 0 aliphatic carbocycles. The van der Waals surface area contributed by atoms with Crippen LogP contribution in [0.3, 0.4) is 0 Å². The van der Waals surface area contributed by atoms with E-state index < -0.39 is 0 Å². The number of nitrogens with zero attached hydrogens (tertiary/aromatic N) is 2. The Morgan fingerprint density at radius 1 is 1.29 bits per heavy atom. The van der Waals surface area contributed by atoms with Crippen molar-refractivity contribution in [2.24, 2.45) is 0 Å². The van der Waals surface area contributed by atoms with E-state index in [0.29, 0.717) is 5.02 Å². The molecule has 3 nitrogen and oxygen atoms in total. The van der Waals surface area contributed by atoms with Crippen molar-refractivity contribution in [3.8, 4) is 0 Å². The van der Waals surface area contributed by atoms with E-state index >= 15 is 0 Å². The fourth-order valence-corrected chi connectivity index (χ4v) is 3.92. The Kier molecular flexibility index (Phi) is 4.02. The lowest BCUT2D eigenvalue weighted by Crippen LogP contribution is -2.22. The smallest absolute Gasteiger partial charge is 0.0837 e. The van der Waals surface area contributed by atoms with Crippen LogP contribution in [-0.2, 0) is 0 Å². The molecular weight excluding hydrogens is 302 g/mol. The summed E-state index contributed by atoms with van der Waals surface area (Å²) in [5.74, 6) is 0. The molecule has 0 aliphatic rings. The van der Waals surface area contributed by atoms with E-state index in [1.54, 1.807) is 17.5 Å². The molecule has 1 aromatic carbocycles. The molecule has 2 heterocycles. The van der Waals surface area contributed by atoms with E-state index in [4.69, 9.17) is 11.6 Å². The molecule has 1 unspecified atom stereocenters. The summed E-state index contributed by atoms with van der Waals surface area (Å²) in [5, 5.41) is 12.0. The van der Waals surface area contributed by atoms with Gasteiger partial charge in [0.2, 0.25) is 0 Å². The largest absolute Gasteiger partial charge is 0.308 e. The second-order valence-corrected chi connectivity index (χ2v) is 6.64. The minimum atomic E-state index is 0.0403. The number of hydrogen-bond donors (Lipinski definition) is 1. The zero-order valence-corrected chi connectivity index (χ0v) is 13.9. The van der Waals surface area contributed by atoms with Gasteiger partial charge in [-0.25, -0.2) is 0 Å². The molecule has 0 spiro atoms. The molecule has 0 bridgehead atoms. The highest BCUT2D eigenvalue weighted by atomic mass is 35.5. The predicted molar refractivity (Wildman–Crippen MR) is 90.3 cm³/mol. The summed E-state index contributed by atoms with van der Waals surface area (Å²) in [4.78, 5) is 0. The molecule has 1 atom stereocenters. The number of rotatable bonds is 4. The van der Waals surface area contributed by atoms with Crippen molar-refractivity contribution < 1.29 is 0 Å². The lowest BCUT2D eigenvalue weighted by atomic mass is 10.0. The minimum absolute atomic E-state index is 0.0403. The second-order valence-electron chi connectivity index (χ2n) is 5.32. The van der Waals surface area contributed by atoms with Crippen molar-refractivity contribution in [1.82, 2.24) is 15.1 Å². The standard InChI is InChI=1S/C16H18ClN3S/c1-10(2)20-16(13(17)8-19-20)15(18-3)12-9-21-14-7-5-4-6-11(12)14/h4-10,15,18H,1-3H3. The summed E-state index contributed by atoms with van der Waals surface area (Å²) < 4.78 is 3.29. The van der Waals surface area contributed by atoms with Gasteiger partial charge in [0, 0.05) is 10.7 Å². The first kappa shape index (κ1) is 14.6. The third-order valence-corrected chi connectivity index (χ3v) is 4.93. The van der Waals surface area contributed by atoms with Crippen molar-refractivity contribution in [3.63, 3.8) is 0 Å². The van der Waals surface area contributed by atoms with Crippen LogP contribution in [0.15, 0.2) is 35.8 Å². The average Bonchev–Trinajstić information content (AvgIpc) is 3.06. The van der Waals surface area contributed by atoms with Gasteiger partial charge in [-0.1, -0.05) is 29.8 Å². The van der Waals surface area contributed by atoms with Crippen LogP contribution in [-0.4, -0.2) is 16.8 Å². The molecule has 0 fully saturated rings. The van der Waals surface area contributed by atoms with Crippen molar-refractivity contribution in [1.29, 1.82) is 0 Å². The molecule has 5 heteroatoms. The van der Waals surface area contributed by atoms with E-state index in [2.05, 4.69) is 53.9 Å². The average molecular weight is 320 g/mol. The third-order valence-electron chi connectivity index (χ3n) is 3.66. The van der Waals surface area contributed by atoms with Crippen molar-refractivity contribution in [2.75, 3.05) is 7.05 Å². The molecule has 3 aromatic rings. The van der Waals surface area contributed by atoms with Gasteiger partial charge in [0.15, 0.2) is 0 Å². The molecule has 0 amide bonds. The summed E-state index contributed by atoms with van der Waals surface area (Å²) >= 11 is 8.17. The zero-order valence-electron chi connectivity index (χ0n) is 12.3. The van der Waals surface area contributed by atoms with Crippen LogP contribution < -0.4 is 5.32 Å². The number of nitrogens with one attached hydrogen (secondary N) is 1. The van der Waals surface area contributed by atoms with Crippen LogP contribution in [0.5, 0.6) is 0 Å². The SMILES string of the molecule is CNC(c1csc2ccccc12)c1c(Cl)cnn1C(C)C. The summed E-state index contributed by atoms with van der Waals surface area (Å²) in [6.07, 6.45) is 1.73. The lowest BCUT2D eigenvalue weighted by Gasteiger charge is -2.20. The van der Waals surface area contributed by atoms with Gasteiger partial charge < -0.3 is 5.32 Å². The zero-order chi connectivity index (χ0) is 15.0. The van der Waals surface area contributed by atoms with Crippen LogP contribution >= 0.6 is 22.9 Å². The Hall–Kier alpha value is -1.36. The third kappa shape index (κ3) is 2.48. The summed E-state index contributed by atoms with van der Waals surface area (Å²) in [5.41, 5.74) is 2.28. The van der Waals surface area contributed by atoms with Gasteiger partial charge in [-0.05, 0) is 43.3 Å². The van der Waals surface area contributed by atoms with Crippen LogP contribution in [0.1, 0.15) is 37.2 Å². The molecule has 0 saturated carbocycles. The van der Waals surface area contributed by atoms with E-state index in [1.165, 1.54) is 15.6 Å². The Labute approximate surface area is 133 Å². The number of thiophene rings is 1. The van der Waals surface area contributed by atoms with Crippen LogP contribution in [0.2, 0.25) is 5.02 Å². The maximum absolute atomic E-state index is 6.41. The number of aromatic nitrogens is 2. The molecule has 2 aromatic heterocycles. The van der Waals surface area contributed by atoms with Gasteiger partial charge >= 0.3 is 0 Å². The quantitative estimate of drug-likeness (QED) is 0.759. The minimum Gasteiger partial charge on any atom is -0.308 e. The highest BCUT2D eigenvalue weighted by molar-refractivity contribution is 7.17. The van der Waals surface area contributed by atoms with Crippen LogP contribution in [0.4, 0.5) is 0 Å². The molecule has 1 N–H and O–H groups in total. The molecule has 3 rings (SSSR count). The monoisotopic (exact) mass is 319 g/mol. The maximum Gasteiger partial charge on any atom is 0.0837 e. The predicted octanol–water partition coefficient (Wildman–Crippen LogP) is 4.64. The van der Waals surface area contributed by atoms with Crippen LogP contribution in [0.25, 0.3) is 10.1 Å². The van der Waals surface area contributed by atoms with E-state index in [-0.39, 0.29) is 12.1 Å². The Balaban J connectivity index is 2.17. The molecule has 0 radical (unpaired) electrons. The first-order valence-corrected chi connectivity index (χ1v) is 8.25. The Morgan fingerprint density at radius 3 is 2.76 bits per heavy atom. The van der Waals surface area contributed by atoms with Crippen molar-refractivity contribution in [3.05, 3.63) is 52.1 Å². The molecule has 110 valence electrons.